The maximum atomic E-state index is 14.7. The highest BCUT2D eigenvalue weighted by Gasteiger charge is 2.61. The summed E-state index contributed by atoms with van der Waals surface area (Å²) in [6, 6.07) is 3.13. The second-order valence-corrected chi connectivity index (χ2v) is 16.1. The van der Waals surface area contributed by atoms with Crippen molar-refractivity contribution >= 4 is 23.7 Å². The van der Waals surface area contributed by atoms with Crippen molar-refractivity contribution in [3.8, 4) is 40.2 Å². The van der Waals surface area contributed by atoms with Crippen LogP contribution in [0.1, 0.15) is 68.8 Å². The van der Waals surface area contributed by atoms with E-state index >= 15 is 0 Å². The molecular formula is C39H43N3O11S. The van der Waals surface area contributed by atoms with E-state index < -0.39 is 47.1 Å². The lowest BCUT2D eigenvalue weighted by Crippen LogP contribution is -2.70. The molecule has 2 fully saturated rings. The van der Waals surface area contributed by atoms with Crippen molar-refractivity contribution in [2.24, 2.45) is 0 Å². The monoisotopic (exact) mass is 761 g/mol. The van der Waals surface area contributed by atoms with Crippen LogP contribution in [-0.2, 0) is 32.7 Å². The number of methoxy groups -OCH3 is 2. The number of phenols is 2. The van der Waals surface area contributed by atoms with E-state index in [4.69, 9.17) is 28.4 Å². The normalized spacial score (nSPS) is 29.4. The number of rotatable bonds is 3. The molecule has 7 atom stereocenters. The molecule has 0 amide bonds. The first-order chi connectivity index (χ1) is 25.9. The van der Waals surface area contributed by atoms with Gasteiger partial charge in [-0.15, -0.1) is 11.8 Å². The Morgan fingerprint density at radius 3 is 2.54 bits per heavy atom. The number of nitrogens with one attached hydrogen (secondary N) is 1. The smallest absolute Gasteiger partial charge is 0.331 e. The van der Waals surface area contributed by atoms with Gasteiger partial charge < -0.3 is 43.7 Å². The van der Waals surface area contributed by atoms with E-state index in [2.05, 4.69) is 10.2 Å². The van der Waals surface area contributed by atoms with Crippen LogP contribution < -0.4 is 29.0 Å². The molecule has 7 aliphatic rings. The fraction of sp³-hybridized carbons (Fsp3) is 0.487. The summed E-state index contributed by atoms with van der Waals surface area (Å²) >= 11 is 1.47. The van der Waals surface area contributed by atoms with Crippen molar-refractivity contribution in [1.29, 1.82) is 0 Å². The molecule has 7 heterocycles. The second kappa shape index (κ2) is 12.6. The summed E-state index contributed by atoms with van der Waals surface area (Å²) in [5, 5.41) is 38.2. The number of hydrogen-bond donors (Lipinski definition) is 4. The van der Waals surface area contributed by atoms with Gasteiger partial charge in [-0.3, -0.25) is 19.9 Å². The van der Waals surface area contributed by atoms with Gasteiger partial charge in [0.25, 0.3) is 0 Å². The van der Waals surface area contributed by atoms with Gasteiger partial charge in [-0.05, 0) is 68.1 Å². The molecule has 15 heteroatoms. The first kappa shape index (κ1) is 35.3. The number of hydrogen-bond acceptors (Lipinski definition) is 15. The number of fused-ring (bicyclic) bond motifs is 9. The highest BCUT2D eigenvalue weighted by atomic mass is 32.2. The lowest BCUT2D eigenvalue weighted by Gasteiger charge is -2.62. The number of nitrogens with zero attached hydrogens (tertiary/aromatic N) is 2. The molecule has 54 heavy (non-hydrogen) atoms. The standard InChI is InChI=1S/C39H43N3O11S/c1-16-9-20-10-22-37(46)42-23-13-50-38(47)39(21-12-25(48-5)24(44)11-19(21)7-8-40-39)14-54-36(30(42)29(41(22)4)26(20)31(45)32(16)49-6)28-27(23)35-34(51-15-52-35)17(2)33(28)53-18(3)43/h9,11-12,22-23,29-30,36-37,40,44-46H,7-8,10,13-15H2,1-6H3/t22-,23-,29+,30?,36-,37-,39+/m0/s1. The molecule has 10 rings (SSSR count). The van der Waals surface area contributed by atoms with Gasteiger partial charge in [-0.2, -0.15) is 0 Å². The third-order valence-electron chi connectivity index (χ3n) is 12.3. The van der Waals surface area contributed by atoms with Gasteiger partial charge in [0.2, 0.25) is 6.79 Å². The fourth-order valence-corrected chi connectivity index (χ4v) is 11.7. The number of likely N-dealkylation sites (N-methyl/N-ethyl adjacent to an activating group) is 1. The first-order valence-corrected chi connectivity index (χ1v) is 19.1. The van der Waals surface area contributed by atoms with E-state index in [1.165, 1.54) is 32.9 Å². The SMILES string of the molecule is COc1cc2c(cc1O)CCN[C@]21CS[C@H]2c3c(OC(C)=O)c(C)c4c(c3[C@H](COC1=O)N1C2[C@H]2c3c(cc(C)c(OC)c3O)C[C@@H]([C@@H]1O)N2C)OCO4. The van der Waals surface area contributed by atoms with Crippen LogP contribution in [0.15, 0.2) is 18.2 Å². The zero-order valence-corrected chi connectivity index (χ0v) is 31.7. The second-order valence-electron chi connectivity index (χ2n) is 14.9. The molecule has 0 aliphatic carbocycles. The lowest BCUT2D eigenvalue weighted by molar-refractivity contribution is -0.186. The Hall–Kier alpha value is -4.41. The number of thioether (sulfide) groups is 1. The number of aryl methyl sites for hydroxylation is 1. The third kappa shape index (κ3) is 4.74. The summed E-state index contributed by atoms with van der Waals surface area (Å²) in [6.07, 6.45) is -0.0282. The number of ether oxygens (including phenoxy) is 6. The largest absolute Gasteiger partial charge is 0.504 e. The molecule has 14 nitrogen and oxygen atoms in total. The Morgan fingerprint density at radius 2 is 1.80 bits per heavy atom. The average Bonchev–Trinajstić information content (AvgIpc) is 3.63. The van der Waals surface area contributed by atoms with Crippen molar-refractivity contribution in [2.45, 2.75) is 74.8 Å². The molecule has 2 saturated heterocycles. The summed E-state index contributed by atoms with van der Waals surface area (Å²) in [4.78, 5) is 31.7. The molecule has 0 radical (unpaired) electrons. The number of piperazine rings is 1. The molecule has 3 aromatic carbocycles. The van der Waals surface area contributed by atoms with Crippen molar-refractivity contribution in [2.75, 3.05) is 47.0 Å². The zero-order valence-electron chi connectivity index (χ0n) is 30.8. The molecule has 3 aromatic rings. The van der Waals surface area contributed by atoms with Crippen molar-refractivity contribution in [3.05, 3.63) is 62.7 Å². The number of aliphatic hydroxyl groups is 1. The van der Waals surface area contributed by atoms with Crippen molar-refractivity contribution in [3.63, 3.8) is 0 Å². The first-order valence-electron chi connectivity index (χ1n) is 18.1. The number of aromatic hydroxyl groups is 2. The van der Waals surface area contributed by atoms with Crippen LogP contribution in [0, 0.1) is 13.8 Å². The van der Waals surface area contributed by atoms with Gasteiger partial charge in [0.15, 0.2) is 40.0 Å². The number of benzene rings is 3. The summed E-state index contributed by atoms with van der Waals surface area (Å²) in [6.45, 7) is 5.26. The van der Waals surface area contributed by atoms with Crippen molar-refractivity contribution < 1.29 is 53.3 Å². The fourth-order valence-electron chi connectivity index (χ4n) is 10.00. The van der Waals surface area contributed by atoms with E-state index in [0.717, 1.165) is 16.7 Å². The van der Waals surface area contributed by atoms with E-state index in [0.29, 0.717) is 70.2 Å². The lowest BCUT2D eigenvalue weighted by atomic mass is 9.73. The van der Waals surface area contributed by atoms with Crippen LogP contribution in [0.5, 0.6) is 40.2 Å². The molecule has 4 N–H and O–H groups in total. The van der Waals surface area contributed by atoms with Gasteiger partial charge in [-0.1, -0.05) is 6.07 Å². The van der Waals surface area contributed by atoms with E-state index in [-0.39, 0.29) is 42.4 Å². The summed E-state index contributed by atoms with van der Waals surface area (Å²) in [5.74, 6) is 0.949. The molecule has 0 aromatic heterocycles. The predicted octanol–water partition coefficient (Wildman–Crippen LogP) is 3.41. The van der Waals surface area contributed by atoms with Crippen LogP contribution >= 0.6 is 11.8 Å². The summed E-state index contributed by atoms with van der Waals surface area (Å²) < 4.78 is 35.9. The van der Waals surface area contributed by atoms with Crippen LogP contribution in [0.3, 0.4) is 0 Å². The Balaban J connectivity index is 1.32. The third-order valence-corrected chi connectivity index (χ3v) is 13.7. The van der Waals surface area contributed by atoms with E-state index in [9.17, 15) is 24.9 Å². The Morgan fingerprint density at radius 1 is 1.02 bits per heavy atom. The number of aliphatic hydroxyl groups excluding tert-OH is 1. The maximum absolute atomic E-state index is 14.7. The number of carbonyl (C=O) groups excluding carboxylic acids is 2. The van der Waals surface area contributed by atoms with E-state index in [1.807, 2.05) is 31.9 Å². The number of esters is 2. The molecule has 1 spiro atoms. The Kier molecular flexibility index (Phi) is 8.21. The van der Waals surface area contributed by atoms with Gasteiger partial charge in [-0.25, -0.2) is 4.79 Å². The number of carbonyl (C=O) groups is 2. The molecular weight excluding hydrogens is 719 g/mol. The Labute approximate surface area is 316 Å². The van der Waals surface area contributed by atoms with Crippen LogP contribution in [0.25, 0.3) is 0 Å². The highest BCUT2D eigenvalue weighted by Crippen LogP contribution is 2.64. The molecule has 0 saturated carbocycles. The van der Waals surface area contributed by atoms with Gasteiger partial charge >= 0.3 is 11.9 Å². The van der Waals surface area contributed by atoms with Gasteiger partial charge in [0, 0.05) is 47.5 Å². The van der Waals surface area contributed by atoms with Crippen molar-refractivity contribution in [1.82, 2.24) is 15.1 Å². The molecule has 7 aliphatic heterocycles. The topological polar surface area (TPSA) is 169 Å². The van der Waals surface area contributed by atoms with Gasteiger partial charge in [0.1, 0.15) is 18.6 Å². The quantitative estimate of drug-likeness (QED) is 0.226. The minimum atomic E-state index is -1.36. The summed E-state index contributed by atoms with van der Waals surface area (Å²) in [7, 11) is 4.96. The average molecular weight is 762 g/mol. The Bertz CT molecular complexity index is 2130. The molecule has 4 bridgehead atoms. The maximum Gasteiger partial charge on any atom is 0.331 e. The van der Waals surface area contributed by atoms with Crippen LogP contribution in [0.4, 0.5) is 0 Å². The van der Waals surface area contributed by atoms with E-state index in [1.54, 1.807) is 12.1 Å². The summed E-state index contributed by atoms with van der Waals surface area (Å²) in [5.41, 5.74) is 4.36. The molecule has 286 valence electrons. The van der Waals surface area contributed by atoms with Gasteiger partial charge in [0.05, 0.1) is 37.6 Å². The van der Waals surface area contributed by atoms with Crippen LogP contribution in [0.2, 0.25) is 0 Å². The minimum absolute atomic E-state index is 0.0226. The minimum Gasteiger partial charge on any atom is -0.504 e. The predicted molar refractivity (Wildman–Crippen MR) is 195 cm³/mol. The molecule has 1 unspecified atom stereocenters. The zero-order chi connectivity index (χ0) is 38.0. The highest BCUT2D eigenvalue weighted by molar-refractivity contribution is 7.99. The number of phenolic OH excluding ortho intramolecular Hbond substituents is 2. The van der Waals surface area contributed by atoms with Crippen LogP contribution in [-0.4, -0.2) is 102 Å².